The van der Waals surface area contributed by atoms with E-state index in [1.54, 1.807) is 54.6 Å². The SMILES string of the molecule is O=C(NCC1(c2cccc(Br)c2)CCC1)c1cccc(CS(=O)(=O)c2ccccc2)c1. The van der Waals surface area contributed by atoms with E-state index in [-0.39, 0.29) is 22.0 Å². The molecule has 3 aromatic carbocycles. The Morgan fingerprint density at radius 1 is 0.935 bits per heavy atom. The van der Waals surface area contributed by atoms with Crippen LogP contribution in [0.25, 0.3) is 0 Å². The van der Waals surface area contributed by atoms with Gasteiger partial charge < -0.3 is 5.32 Å². The molecule has 160 valence electrons. The number of benzene rings is 3. The van der Waals surface area contributed by atoms with Crippen LogP contribution < -0.4 is 5.32 Å². The average Bonchev–Trinajstić information content (AvgIpc) is 2.73. The molecule has 0 saturated heterocycles. The summed E-state index contributed by atoms with van der Waals surface area (Å²) in [7, 11) is -3.46. The molecule has 0 aromatic heterocycles. The smallest absolute Gasteiger partial charge is 0.251 e. The van der Waals surface area contributed by atoms with Crippen molar-refractivity contribution in [3.05, 3.63) is 100 Å². The molecule has 0 radical (unpaired) electrons. The van der Waals surface area contributed by atoms with Gasteiger partial charge in [0.05, 0.1) is 10.6 Å². The summed E-state index contributed by atoms with van der Waals surface area (Å²) in [6.07, 6.45) is 3.23. The van der Waals surface area contributed by atoms with E-state index >= 15 is 0 Å². The number of carbonyl (C=O) groups is 1. The van der Waals surface area contributed by atoms with Crippen LogP contribution in [0.1, 0.15) is 40.7 Å². The predicted molar refractivity (Wildman–Crippen MR) is 126 cm³/mol. The van der Waals surface area contributed by atoms with E-state index in [4.69, 9.17) is 0 Å². The average molecular weight is 498 g/mol. The van der Waals surface area contributed by atoms with Crippen molar-refractivity contribution in [1.29, 1.82) is 0 Å². The number of halogens is 1. The van der Waals surface area contributed by atoms with E-state index in [0.717, 1.165) is 23.7 Å². The highest BCUT2D eigenvalue weighted by atomic mass is 79.9. The quantitative estimate of drug-likeness (QED) is 0.483. The molecule has 1 saturated carbocycles. The van der Waals surface area contributed by atoms with Crippen LogP contribution in [0.2, 0.25) is 0 Å². The standard InChI is InChI=1S/C25H24BrNO3S/c26-22-10-5-9-21(16-22)25(13-6-14-25)18-27-24(28)20-8-4-7-19(15-20)17-31(29,30)23-11-2-1-3-12-23/h1-5,7-12,15-16H,6,13-14,17-18H2,(H,27,28). The van der Waals surface area contributed by atoms with Gasteiger partial charge >= 0.3 is 0 Å². The van der Waals surface area contributed by atoms with Crippen LogP contribution in [0.3, 0.4) is 0 Å². The third-order valence-electron chi connectivity index (χ3n) is 5.98. The van der Waals surface area contributed by atoms with Crippen molar-refractivity contribution in [2.24, 2.45) is 0 Å². The van der Waals surface area contributed by atoms with Gasteiger partial charge in [-0.2, -0.15) is 0 Å². The predicted octanol–water partition coefficient (Wildman–Crippen LogP) is 5.27. The fraction of sp³-hybridized carbons (Fsp3) is 0.240. The first-order valence-electron chi connectivity index (χ1n) is 10.3. The van der Waals surface area contributed by atoms with Gasteiger partial charge in [0.2, 0.25) is 0 Å². The second-order valence-electron chi connectivity index (χ2n) is 8.10. The molecule has 31 heavy (non-hydrogen) atoms. The Labute approximate surface area is 191 Å². The fourth-order valence-electron chi connectivity index (χ4n) is 4.07. The molecule has 6 heteroatoms. The number of rotatable bonds is 7. The lowest BCUT2D eigenvalue weighted by Crippen LogP contribution is -2.45. The van der Waals surface area contributed by atoms with Crippen molar-refractivity contribution in [2.75, 3.05) is 6.54 Å². The fourth-order valence-corrected chi connectivity index (χ4v) is 5.83. The zero-order chi connectivity index (χ0) is 21.9. The summed E-state index contributed by atoms with van der Waals surface area (Å²) in [5.41, 5.74) is 2.27. The molecule has 0 bridgehead atoms. The minimum Gasteiger partial charge on any atom is -0.351 e. The maximum Gasteiger partial charge on any atom is 0.251 e. The molecule has 1 aliphatic carbocycles. The van der Waals surface area contributed by atoms with E-state index in [9.17, 15) is 13.2 Å². The van der Waals surface area contributed by atoms with Crippen molar-refractivity contribution in [2.45, 2.75) is 35.3 Å². The normalized spacial score (nSPS) is 15.1. The summed E-state index contributed by atoms with van der Waals surface area (Å²) in [6.45, 7) is 0.564. The Balaban J connectivity index is 1.46. The van der Waals surface area contributed by atoms with Crippen molar-refractivity contribution in [1.82, 2.24) is 5.32 Å². The summed E-state index contributed by atoms with van der Waals surface area (Å²) in [6, 6.07) is 23.5. The third kappa shape index (κ3) is 4.91. The lowest BCUT2D eigenvalue weighted by Gasteiger charge is -2.42. The number of nitrogens with one attached hydrogen (secondary N) is 1. The number of sulfone groups is 1. The lowest BCUT2D eigenvalue weighted by molar-refractivity contribution is 0.0927. The Morgan fingerprint density at radius 3 is 2.35 bits per heavy atom. The summed E-state index contributed by atoms with van der Waals surface area (Å²) in [5, 5.41) is 3.08. The number of hydrogen-bond acceptors (Lipinski definition) is 3. The van der Waals surface area contributed by atoms with Crippen molar-refractivity contribution >= 4 is 31.7 Å². The third-order valence-corrected chi connectivity index (χ3v) is 8.18. The van der Waals surface area contributed by atoms with Crippen molar-refractivity contribution < 1.29 is 13.2 Å². The maximum atomic E-state index is 12.8. The highest BCUT2D eigenvalue weighted by Gasteiger charge is 2.39. The van der Waals surface area contributed by atoms with Crippen LogP contribution in [-0.4, -0.2) is 20.9 Å². The topological polar surface area (TPSA) is 63.2 Å². The molecule has 0 atom stereocenters. The number of carbonyl (C=O) groups excluding carboxylic acids is 1. The first-order chi connectivity index (χ1) is 14.9. The molecule has 3 aromatic rings. The van der Waals surface area contributed by atoms with E-state index in [0.29, 0.717) is 17.7 Å². The summed E-state index contributed by atoms with van der Waals surface area (Å²) < 4.78 is 26.4. The van der Waals surface area contributed by atoms with Crippen LogP contribution in [0.15, 0.2) is 88.2 Å². The van der Waals surface area contributed by atoms with Crippen LogP contribution in [0, 0.1) is 0 Å². The summed E-state index contributed by atoms with van der Waals surface area (Å²) in [4.78, 5) is 13.1. The molecule has 4 nitrogen and oxygen atoms in total. The zero-order valence-electron chi connectivity index (χ0n) is 17.1. The van der Waals surface area contributed by atoms with Gasteiger partial charge in [-0.3, -0.25) is 4.79 Å². The molecule has 1 N–H and O–H groups in total. The van der Waals surface area contributed by atoms with Gasteiger partial charge in [0.1, 0.15) is 0 Å². The summed E-state index contributed by atoms with van der Waals surface area (Å²) in [5.74, 6) is -0.319. The van der Waals surface area contributed by atoms with E-state index in [1.807, 2.05) is 12.1 Å². The largest absolute Gasteiger partial charge is 0.351 e. The lowest BCUT2D eigenvalue weighted by atomic mass is 9.64. The van der Waals surface area contributed by atoms with Gasteiger partial charge in [0, 0.05) is 22.0 Å². The molecule has 0 aliphatic heterocycles. The van der Waals surface area contributed by atoms with E-state index < -0.39 is 9.84 Å². The monoisotopic (exact) mass is 497 g/mol. The van der Waals surface area contributed by atoms with Gasteiger partial charge in [0.25, 0.3) is 5.91 Å². The maximum absolute atomic E-state index is 12.8. The zero-order valence-corrected chi connectivity index (χ0v) is 19.5. The number of hydrogen-bond donors (Lipinski definition) is 1. The molecule has 1 amide bonds. The van der Waals surface area contributed by atoms with Gasteiger partial charge in [-0.05, 0) is 60.4 Å². The van der Waals surface area contributed by atoms with Crippen molar-refractivity contribution in [3.8, 4) is 0 Å². The van der Waals surface area contributed by atoms with Crippen LogP contribution >= 0.6 is 15.9 Å². The second kappa shape index (κ2) is 8.97. The van der Waals surface area contributed by atoms with Gasteiger partial charge in [0.15, 0.2) is 9.84 Å². The van der Waals surface area contributed by atoms with Crippen LogP contribution in [0.5, 0.6) is 0 Å². The molecular weight excluding hydrogens is 474 g/mol. The molecule has 1 fully saturated rings. The van der Waals surface area contributed by atoms with Crippen LogP contribution in [0.4, 0.5) is 0 Å². The highest BCUT2D eigenvalue weighted by molar-refractivity contribution is 9.10. The first kappa shape index (κ1) is 21.8. The van der Waals surface area contributed by atoms with E-state index in [2.05, 4.69) is 33.4 Å². The molecular formula is C25H24BrNO3S. The minimum atomic E-state index is -3.46. The Kier molecular flexibility index (Phi) is 6.30. The van der Waals surface area contributed by atoms with Gasteiger partial charge in [-0.1, -0.05) is 64.8 Å². The Hall–Kier alpha value is -2.44. The van der Waals surface area contributed by atoms with Crippen LogP contribution in [-0.2, 0) is 21.0 Å². The molecule has 4 rings (SSSR count). The molecule has 1 aliphatic rings. The minimum absolute atomic E-state index is 0.0340. The highest BCUT2D eigenvalue weighted by Crippen LogP contribution is 2.43. The Bertz CT molecular complexity index is 1190. The molecule has 0 unspecified atom stereocenters. The molecule has 0 heterocycles. The van der Waals surface area contributed by atoms with Gasteiger partial charge in [-0.15, -0.1) is 0 Å². The van der Waals surface area contributed by atoms with E-state index in [1.165, 1.54) is 5.56 Å². The molecule has 0 spiro atoms. The number of amides is 1. The van der Waals surface area contributed by atoms with Gasteiger partial charge in [-0.25, -0.2) is 8.42 Å². The first-order valence-corrected chi connectivity index (χ1v) is 12.7. The Morgan fingerprint density at radius 2 is 1.68 bits per heavy atom. The summed E-state index contributed by atoms with van der Waals surface area (Å²) >= 11 is 3.54. The van der Waals surface area contributed by atoms with Crippen molar-refractivity contribution in [3.63, 3.8) is 0 Å². The second-order valence-corrected chi connectivity index (χ2v) is 11.0.